The van der Waals surface area contributed by atoms with Crippen LogP contribution in [0.5, 0.6) is 0 Å². The molecular formula is C12H22N4O6. The molecule has 1 fully saturated rings. The molecule has 0 aromatic carbocycles. The molecule has 10 heteroatoms. The molecule has 22 heavy (non-hydrogen) atoms. The number of rotatable bonds is 8. The number of azide groups is 1. The minimum absolute atomic E-state index is 0.289. The van der Waals surface area contributed by atoms with Crippen LogP contribution in [-0.2, 0) is 28.5 Å². The molecule has 1 rings (SSSR count). The second kappa shape index (κ2) is 9.57. The lowest BCUT2D eigenvalue weighted by Gasteiger charge is -2.44. The van der Waals surface area contributed by atoms with Crippen molar-refractivity contribution in [1.29, 1.82) is 0 Å². The summed E-state index contributed by atoms with van der Waals surface area (Å²) in [5, 5.41) is 5.90. The third-order valence-corrected chi connectivity index (χ3v) is 3.36. The van der Waals surface area contributed by atoms with Gasteiger partial charge in [-0.3, -0.25) is 4.79 Å². The van der Waals surface area contributed by atoms with Crippen LogP contribution in [0.2, 0.25) is 0 Å². The maximum atomic E-state index is 11.8. The first-order valence-electron chi connectivity index (χ1n) is 6.65. The van der Waals surface area contributed by atoms with E-state index in [-0.39, 0.29) is 13.2 Å². The molecule has 0 radical (unpaired) electrons. The van der Waals surface area contributed by atoms with Gasteiger partial charge in [0.05, 0.1) is 6.61 Å². The summed E-state index contributed by atoms with van der Waals surface area (Å²) in [7, 11) is 6.04. The standard InChI is InChI=1S/C12H22N4O6/c1-18-6-7-10(19-2)11(20-3)9(12(21-4)22-7)15-8(17)5-14-16-13/h7,9-12H,5-6H2,1-4H3,(H,15,17)/t7?,9?,10-,11?,12?/m0/s1. The second-order valence-electron chi connectivity index (χ2n) is 4.62. The van der Waals surface area contributed by atoms with Crippen LogP contribution in [0, 0.1) is 0 Å². The van der Waals surface area contributed by atoms with E-state index in [1.807, 2.05) is 0 Å². The highest BCUT2D eigenvalue weighted by Crippen LogP contribution is 2.26. The number of methoxy groups -OCH3 is 4. The quantitative estimate of drug-likeness (QED) is 0.376. The van der Waals surface area contributed by atoms with E-state index in [1.54, 1.807) is 7.11 Å². The Morgan fingerprint density at radius 1 is 1.23 bits per heavy atom. The van der Waals surface area contributed by atoms with E-state index < -0.39 is 36.6 Å². The minimum atomic E-state index is -0.744. The summed E-state index contributed by atoms with van der Waals surface area (Å²) in [5.74, 6) is -0.462. The first kappa shape index (κ1) is 18.6. The average Bonchev–Trinajstić information content (AvgIpc) is 2.53. The predicted octanol–water partition coefficient (Wildman–Crippen LogP) is -0.171. The predicted molar refractivity (Wildman–Crippen MR) is 75.1 cm³/mol. The molecule has 1 aliphatic rings. The van der Waals surface area contributed by atoms with Gasteiger partial charge < -0.3 is 29.0 Å². The first-order chi connectivity index (χ1) is 10.6. The second-order valence-corrected chi connectivity index (χ2v) is 4.62. The number of hydrogen-bond acceptors (Lipinski definition) is 7. The van der Waals surface area contributed by atoms with Crippen LogP contribution < -0.4 is 5.32 Å². The molecule has 1 amide bonds. The van der Waals surface area contributed by atoms with Gasteiger partial charge in [0.1, 0.15) is 30.9 Å². The molecular weight excluding hydrogens is 296 g/mol. The van der Waals surface area contributed by atoms with Gasteiger partial charge in [0.15, 0.2) is 6.29 Å². The van der Waals surface area contributed by atoms with Gasteiger partial charge in [0.2, 0.25) is 5.91 Å². The molecule has 0 aliphatic carbocycles. The van der Waals surface area contributed by atoms with Gasteiger partial charge in [-0.15, -0.1) is 0 Å². The highest BCUT2D eigenvalue weighted by molar-refractivity contribution is 5.78. The zero-order valence-corrected chi connectivity index (χ0v) is 13.1. The first-order valence-corrected chi connectivity index (χ1v) is 6.65. The maximum Gasteiger partial charge on any atom is 0.226 e. The summed E-state index contributed by atoms with van der Waals surface area (Å²) in [6.45, 7) is -0.0311. The normalized spacial score (nSPS) is 31.4. The van der Waals surface area contributed by atoms with Crippen LogP contribution in [-0.4, -0.2) is 78.1 Å². The number of ether oxygens (including phenoxy) is 5. The van der Waals surface area contributed by atoms with Crippen LogP contribution in [0.4, 0.5) is 0 Å². The van der Waals surface area contributed by atoms with E-state index in [0.717, 1.165) is 0 Å². The zero-order chi connectivity index (χ0) is 16.5. The molecule has 1 saturated heterocycles. The average molecular weight is 318 g/mol. The van der Waals surface area contributed by atoms with Crippen molar-refractivity contribution in [1.82, 2.24) is 5.32 Å². The lowest BCUT2D eigenvalue weighted by molar-refractivity contribution is -0.272. The van der Waals surface area contributed by atoms with Crippen molar-refractivity contribution in [2.45, 2.75) is 30.6 Å². The number of carbonyl (C=O) groups excluding carboxylic acids is 1. The molecule has 10 nitrogen and oxygen atoms in total. The third kappa shape index (κ3) is 4.54. The fraction of sp³-hybridized carbons (Fsp3) is 0.917. The lowest BCUT2D eigenvalue weighted by Crippen LogP contribution is -2.65. The van der Waals surface area contributed by atoms with Crippen molar-refractivity contribution >= 4 is 5.91 Å². The Labute approximate surface area is 128 Å². The molecule has 5 atom stereocenters. The highest BCUT2D eigenvalue weighted by atomic mass is 16.7. The van der Waals surface area contributed by atoms with Crippen LogP contribution in [0.1, 0.15) is 0 Å². The number of carbonyl (C=O) groups is 1. The van der Waals surface area contributed by atoms with E-state index in [2.05, 4.69) is 15.3 Å². The van der Waals surface area contributed by atoms with E-state index in [1.165, 1.54) is 21.3 Å². The summed E-state index contributed by atoms with van der Waals surface area (Å²) in [5.41, 5.74) is 8.26. The molecule has 0 aromatic heterocycles. The molecule has 4 unspecified atom stereocenters. The van der Waals surface area contributed by atoms with Crippen LogP contribution in [0.15, 0.2) is 5.11 Å². The van der Waals surface area contributed by atoms with Crippen molar-refractivity contribution in [3.63, 3.8) is 0 Å². The molecule has 0 bridgehead atoms. The van der Waals surface area contributed by atoms with Crippen molar-refractivity contribution < 1.29 is 28.5 Å². The maximum absolute atomic E-state index is 11.8. The Kier molecular flexibility index (Phi) is 8.10. The van der Waals surface area contributed by atoms with Crippen molar-refractivity contribution in [3.05, 3.63) is 10.4 Å². The van der Waals surface area contributed by atoms with E-state index >= 15 is 0 Å². The minimum Gasteiger partial charge on any atom is -0.382 e. The highest BCUT2D eigenvalue weighted by Gasteiger charge is 2.47. The Hall–Kier alpha value is -1.42. The van der Waals surface area contributed by atoms with Gasteiger partial charge >= 0.3 is 0 Å². The van der Waals surface area contributed by atoms with E-state index in [9.17, 15) is 4.79 Å². The molecule has 1 aliphatic heterocycles. The van der Waals surface area contributed by atoms with Crippen LogP contribution in [0.25, 0.3) is 10.4 Å². The Morgan fingerprint density at radius 3 is 2.41 bits per heavy atom. The van der Waals surface area contributed by atoms with Gasteiger partial charge in [0.25, 0.3) is 0 Å². The third-order valence-electron chi connectivity index (χ3n) is 3.36. The van der Waals surface area contributed by atoms with Gasteiger partial charge in [-0.25, -0.2) is 0 Å². The SMILES string of the molecule is COCC1OC(OC)C(NC(=O)CN=[N+]=[N-])C(OC)[C@H]1OC. The summed E-state index contributed by atoms with van der Waals surface area (Å²) in [4.78, 5) is 14.3. The van der Waals surface area contributed by atoms with E-state index in [0.29, 0.717) is 0 Å². The largest absolute Gasteiger partial charge is 0.382 e. The van der Waals surface area contributed by atoms with Gasteiger partial charge in [-0.1, -0.05) is 5.11 Å². The number of nitrogens with one attached hydrogen (secondary N) is 1. The molecule has 126 valence electrons. The van der Waals surface area contributed by atoms with Gasteiger partial charge in [-0.2, -0.15) is 0 Å². The summed E-state index contributed by atoms with van der Waals surface area (Å²) in [6.07, 6.45) is -2.12. The van der Waals surface area contributed by atoms with Crippen LogP contribution in [0.3, 0.4) is 0 Å². The number of amides is 1. The topological polar surface area (TPSA) is 124 Å². The Morgan fingerprint density at radius 2 is 1.91 bits per heavy atom. The monoisotopic (exact) mass is 318 g/mol. The molecule has 1 N–H and O–H groups in total. The van der Waals surface area contributed by atoms with Crippen LogP contribution >= 0.6 is 0 Å². The number of nitrogens with zero attached hydrogens (tertiary/aromatic N) is 3. The van der Waals surface area contributed by atoms with Crippen molar-refractivity contribution in [2.24, 2.45) is 5.11 Å². The Bertz CT molecular complexity index is 403. The summed E-state index contributed by atoms with van der Waals surface area (Å²) in [6, 6.07) is -0.616. The van der Waals surface area contributed by atoms with Crippen molar-refractivity contribution in [2.75, 3.05) is 41.6 Å². The summed E-state index contributed by atoms with van der Waals surface area (Å²) >= 11 is 0. The molecule has 0 saturated carbocycles. The van der Waals surface area contributed by atoms with Gasteiger partial charge in [0, 0.05) is 33.4 Å². The van der Waals surface area contributed by atoms with E-state index in [4.69, 9.17) is 29.2 Å². The fourth-order valence-electron chi connectivity index (χ4n) is 2.45. The zero-order valence-electron chi connectivity index (χ0n) is 13.1. The number of hydrogen-bond donors (Lipinski definition) is 1. The smallest absolute Gasteiger partial charge is 0.226 e. The lowest BCUT2D eigenvalue weighted by atomic mass is 9.96. The molecule has 1 heterocycles. The Balaban J connectivity index is 2.90. The van der Waals surface area contributed by atoms with Crippen molar-refractivity contribution in [3.8, 4) is 0 Å². The molecule has 0 aromatic rings. The van der Waals surface area contributed by atoms with Gasteiger partial charge in [-0.05, 0) is 5.53 Å². The fourth-order valence-corrected chi connectivity index (χ4v) is 2.45. The summed E-state index contributed by atoms with van der Waals surface area (Å²) < 4.78 is 27.0. The molecule has 0 spiro atoms.